The fourth-order valence-electron chi connectivity index (χ4n) is 5.40. The first-order chi connectivity index (χ1) is 18.8. The van der Waals surface area contributed by atoms with Gasteiger partial charge in [-0.15, -0.1) is 25.6 Å². The molecular formula is C27H31ClF3N7O2. The molecule has 1 fully saturated rings. The van der Waals surface area contributed by atoms with Crippen LogP contribution in [0.4, 0.5) is 41.9 Å². The first-order valence-corrected chi connectivity index (χ1v) is 13.1. The quantitative estimate of drug-likeness (QED) is 0.424. The van der Waals surface area contributed by atoms with Crippen molar-refractivity contribution in [1.29, 1.82) is 0 Å². The lowest BCUT2D eigenvalue weighted by Crippen LogP contribution is -2.39. The molecule has 2 aromatic heterocycles. The van der Waals surface area contributed by atoms with Crippen LogP contribution in [0.5, 0.6) is 5.88 Å². The van der Waals surface area contributed by atoms with E-state index >= 15 is 0 Å². The Hall–Kier alpha value is -3.51. The summed E-state index contributed by atoms with van der Waals surface area (Å²) < 4.78 is 47.3. The SMILES string of the molecule is Cc1c(N2CCc3cnc(Nc4ccc(N5CCC(OC(F)(F)F)CC5)cc4)nc3C2)cnc2c1NCCO2.Cl. The van der Waals surface area contributed by atoms with Crippen LogP contribution in [0.15, 0.2) is 36.7 Å². The number of rotatable bonds is 5. The van der Waals surface area contributed by atoms with Gasteiger partial charge in [-0.25, -0.2) is 15.0 Å². The summed E-state index contributed by atoms with van der Waals surface area (Å²) in [6, 6.07) is 7.77. The van der Waals surface area contributed by atoms with Crippen LogP contribution < -0.4 is 25.2 Å². The van der Waals surface area contributed by atoms with Crippen molar-refractivity contribution in [3.05, 3.63) is 53.5 Å². The van der Waals surface area contributed by atoms with Gasteiger partial charge >= 0.3 is 6.36 Å². The maximum Gasteiger partial charge on any atom is 0.522 e. The van der Waals surface area contributed by atoms with E-state index in [2.05, 4.69) is 42.1 Å². The van der Waals surface area contributed by atoms with Gasteiger partial charge in [0.15, 0.2) is 0 Å². The molecule has 13 heteroatoms. The number of halogens is 4. The van der Waals surface area contributed by atoms with Crippen molar-refractivity contribution in [2.75, 3.05) is 53.2 Å². The lowest BCUT2D eigenvalue weighted by molar-refractivity contribution is -0.344. The molecule has 3 aliphatic heterocycles. The van der Waals surface area contributed by atoms with Gasteiger partial charge < -0.3 is 25.2 Å². The number of nitrogens with zero attached hydrogens (tertiary/aromatic N) is 5. The number of anilines is 5. The number of ether oxygens (including phenoxy) is 2. The Kier molecular flexibility index (Phi) is 8.09. The number of hydrogen-bond donors (Lipinski definition) is 2. The van der Waals surface area contributed by atoms with Crippen molar-refractivity contribution in [3.8, 4) is 5.88 Å². The van der Waals surface area contributed by atoms with Crippen LogP contribution >= 0.6 is 12.4 Å². The minimum atomic E-state index is -4.58. The highest BCUT2D eigenvalue weighted by atomic mass is 35.5. The number of pyridine rings is 1. The average molecular weight is 578 g/mol. The van der Waals surface area contributed by atoms with Crippen molar-refractivity contribution >= 4 is 41.1 Å². The van der Waals surface area contributed by atoms with E-state index in [-0.39, 0.29) is 12.4 Å². The highest BCUT2D eigenvalue weighted by Crippen LogP contribution is 2.36. The van der Waals surface area contributed by atoms with E-state index in [9.17, 15) is 13.2 Å². The Morgan fingerprint density at radius 2 is 1.82 bits per heavy atom. The number of fused-ring (bicyclic) bond motifs is 2. The van der Waals surface area contributed by atoms with E-state index in [4.69, 9.17) is 9.72 Å². The van der Waals surface area contributed by atoms with Crippen LogP contribution in [0.2, 0.25) is 0 Å². The van der Waals surface area contributed by atoms with Crippen LogP contribution in [0.25, 0.3) is 0 Å². The monoisotopic (exact) mass is 577 g/mol. The van der Waals surface area contributed by atoms with Gasteiger partial charge in [0, 0.05) is 49.3 Å². The standard InChI is InChI=1S/C27H30F3N7O2.ClH/c1-17-23(15-32-25-24(17)31-9-13-38-25)37-10-6-18-14-33-26(35-22(18)16-37)34-19-2-4-20(5-3-19)36-11-7-21(8-12-36)39-27(28,29)30;/h2-5,14-15,21,31H,6-13,16H2,1H3,(H,33,34,35);1H. The summed E-state index contributed by atoms with van der Waals surface area (Å²) in [5.74, 6) is 1.17. The van der Waals surface area contributed by atoms with Gasteiger partial charge in [0.1, 0.15) is 12.3 Å². The Balaban J connectivity index is 0.00000323. The molecule has 0 saturated carbocycles. The third-order valence-electron chi connectivity index (χ3n) is 7.44. The minimum Gasteiger partial charge on any atom is -0.474 e. The largest absolute Gasteiger partial charge is 0.522 e. The van der Waals surface area contributed by atoms with Gasteiger partial charge in [-0.1, -0.05) is 0 Å². The van der Waals surface area contributed by atoms with Crippen molar-refractivity contribution in [2.45, 2.75) is 45.2 Å². The predicted octanol–water partition coefficient (Wildman–Crippen LogP) is 5.22. The predicted molar refractivity (Wildman–Crippen MR) is 149 cm³/mol. The molecule has 2 N–H and O–H groups in total. The molecule has 0 radical (unpaired) electrons. The maximum atomic E-state index is 12.5. The fraction of sp³-hybridized carbons (Fsp3) is 0.444. The molecule has 0 spiro atoms. The molecule has 3 aliphatic rings. The lowest BCUT2D eigenvalue weighted by atomic mass is 10.0. The number of nitrogens with one attached hydrogen (secondary N) is 2. The van der Waals surface area contributed by atoms with E-state index < -0.39 is 12.5 Å². The summed E-state index contributed by atoms with van der Waals surface area (Å²) in [6.07, 6.45) is -0.0826. The summed E-state index contributed by atoms with van der Waals surface area (Å²) in [7, 11) is 0. The molecule has 3 aromatic rings. The highest BCUT2D eigenvalue weighted by Gasteiger charge is 2.35. The van der Waals surface area contributed by atoms with Gasteiger partial charge in [-0.2, -0.15) is 0 Å². The van der Waals surface area contributed by atoms with E-state index in [1.165, 1.54) is 0 Å². The molecule has 0 unspecified atom stereocenters. The number of benzene rings is 1. The first-order valence-electron chi connectivity index (χ1n) is 13.1. The first kappa shape index (κ1) is 28.0. The molecule has 0 bridgehead atoms. The zero-order chi connectivity index (χ0) is 27.0. The maximum absolute atomic E-state index is 12.5. The van der Waals surface area contributed by atoms with Gasteiger partial charge in [0.05, 0.1) is 30.2 Å². The fourth-order valence-corrected chi connectivity index (χ4v) is 5.40. The second-order valence-corrected chi connectivity index (χ2v) is 9.98. The zero-order valence-corrected chi connectivity index (χ0v) is 22.8. The second kappa shape index (κ2) is 11.5. The normalized spacial score (nSPS) is 17.2. The number of hydrogen-bond acceptors (Lipinski definition) is 9. The van der Waals surface area contributed by atoms with Crippen LogP contribution in [-0.4, -0.2) is 60.2 Å². The molecular weight excluding hydrogens is 547 g/mol. The van der Waals surface area contributed by atoms with Gasteiger partial charge in [-0.3, -0.25) is 4.74 Å². The van der Waals surface area contributed by atoms with Crippen molar-refractivity contribution < 1.29 is 22.6 Å². The Labute approximate surface area is 236 Å². The topological polar surface area (TPSA) is 87.7 Å². The van der Waals surface area contributed by atoms with Gasteiger partial charge in [0.2, 0.25) is 11.8 Å². The molecule has 1 aromatic carbocycles. The Bertz CT molecular complexity index is 1330. The molecule has 40 heavy (non-hydrogen) atoms. The van der Waals surface area contributed by atoms with E-state index in [0.29, 0.717) is 50.9 Å². The summed E-state index contributed by atoms with van der Waals surface area (Å²) >= 11 is 0. The smallest absolute Gasteiger partial charge is 0.474 e. The highest BCUT2D eigenvalue weighted by molar-refractivity contribution is 5.85. The van der Waals surface area contributed by atoms with Crippen LogP contribution in [0.1, 0.15) is 29.7 Å². The van der Waals surface area contributed by atoms with Crippen LogP contribution in [0, 0.1) is 6.92 Å². The van der Waals surface area contributed by atoms with Crippen LogP contribution in [-0.2, 0) is 17.7 Å². The van der Waals surface area contributed by atoms with E-state index in [1.807, 2.05) is 36.7 Å². The Morgan fingerprint density at radius 3 is 2.58 bits per heavy atom. The molecule has 214 valence electrons. The minimum absolute atomic E-state index is 0. The third-order valence-corrected chi connectivity index (χ3v) is 7.44. The molecule has 6 rings (SSSR count). The summed E-state index contributed by atoms with van der Waals surface area (Å²) in [5, 5.41) is 6.68. The average Bonchev–Trinajstić information content (AvgIpc) is 2.93. The van der Waals surface area contributed by atoms with Crippen molar-refractivity contribution in [2.24, 2.45) is 0 Å². The van der Waals surface area contributed by atoms with E-state index in [0.717, 1.165) is 59.1 Å². The number of piperidine rings is 1. The van der Waals surface area contributed by atoms with Gasteiger partial charge in [-0.05, 0) is 56.0 Å². The lowest BCUT2D eigenvalue weighted by Gasteiger charge is -2.33. The Morgan fingerprint density at radius 1 is 1.05 bits per heavy atom. The molecule has 9 nitrogen and oxygen atoms in total. The number of aromatic nitrogens is 3. The van der Waals surface area contributed by atoms with E-state index in [1.54, 1.807) is 0 Å². The zero-order valence-electron chi connectivity index (χ0n) is 22.0. The molecule has 0 aliphatic carbocycles. The number of alkyl halides is 3. The molecule has 5 heterocycles. The van der Waals surface area contributed by atoms with Crippen molar-refractivity contribution in [3.63, 3.8) is 0 Å². The summed E-state index contributed by atoms with van der Waals surface area (Å²) in [6.45, 7) is 6.00. The second-order valence-electron chi connectivity index (χ2n) is 9.98. The summed E-state index contributed by atoms with van der Waals surface area (Å²) in [4.78, 5) is 18.2. The summed E-state index contributed by atoms with van der Waals surface area (Å²) in [5.41, 5.74) is 7.04. The molecule has 1 saturated heterocycles. The van der Waals surface area contributed by atoms with Crippen molar-refractivity contribution in [1.82, 2.24) is 15.0 Å². The molecule has 0 amide bonds. The third kappa shape index (κ3) is 6.12. The van der Waals surface area contributed by atoms with Crippen LogP contribution in [0.3, 0.4) is 0 Å². The molecule has 0 atom stereocenters. The van der Waals surface area contributed by atoms with Gasteiger partial charge in [0.25, 0.3) is 0 Å².